The molecule has 66 valence electrons. The molecule has 0 atom stereocenters. The summed E-state index contributed by atoms with van der Waals surface area (Å²) in [6.07, 6.45) is 2.80. The molecule has 1 aromatic rings. The third-order valence-electron chi connectivity index (χ3n) is 1.65. The topological polar surface area (TPSA) is 26.0 Å². The highest BCUT2D eigenvalue weighted by Gasteiger charge is 1.89. The maximum atomic E-state index is 5.41. The summed E-state index contributed by atoms with van der Waals surface area (Å²) >= 11 is 0. The van der Waals surface area contributed by atoms with E-state index in [1.165, 1.54) is 5.56 Å². The Balaban J connectivity index is 0.00000121. The van der Waals surface area contributed by atoms with Crippen LogP contribution in [0.2, 0.25) is 0 Å². The van der Waals surface area contributed by atoms with Crippen molar-refractivity contribution >= 4 is 18.5 Å². The summed E-state index contributed by atoms with van der Waals surface area (Å²) in [6, 6.07) is 8.28. The van der Waals surface area contributed by atoms with Crippen molar-refractivity contribution < 1.29 is 0 Å². The number of hydrogen-bond acceptors (Lipinski definition) is 1. The van der Waals surface area contributed by atoms with Gasteiger partial charge in [0.15, 0.2) is 0 Å². The molecule has 2 heteroatoms. The summed E-state index contributed by atoms with van der Waals surface area (Å²) in [6.45, 7) is 4.40. The molecule has 1 rings (SSSR count). The zero-order valence-corrected chi connectivity index (χ0v) is 7.81. The Hall–Kier alpha value is -0.790. The molecule has 1 nitrogen and oxygen atoms in total. The molecule has 0 aliphatic carbocycles. The van der Waals surface area contributed by atoms with Crippen molar-refractivity contribution in [3.8, 4) is 0 Å². The van der Waals surface area contributed by atoms with Gasteiger partial charge in [-0.25, -0.2) is 0 Å². The molecular formula is C10H14ClN. The highest BCUT2D eigenvalue weighted by atomic mass is 35.5. The van der Waals surface area contributed by atoms with E-state index < -0.39 is 0 Å². The second-order valence-corrected chi connectivity index (χ2v) is 2.48. The molecule has 0 heterocycles. The average Bonchev–Trinajstić information content (AvgIpc) is 2.07. The fraction of sp³-hybridized carbons (Fsp3) is 0.200. The monoisotopic (exact) mass is 183 g/mol. The van der Waals surface area contributed by atoms with Crippen LogP contribution in [0.25, 0.3) is 6.08 Å². The Morgan fingerprint density at radius 3 is 2.25 bits per heavy atom. The second-order valence-electron chi connectivity index (χ2n) is 2.48. The summed E-state index contributed by atoms with van der Waals surface area (Å²) in [5.74, 6) is 0. The Labute approximate surface area is 79.7 Å². The minimum absolute atomic E-state index is 0. The summed E-state index contributed by atoms with van der Waals surface area (Å²) in [4.78, 5) is 0. The van der Waals surface area contributed by atoms with Crippen molar-refractivity contribution in [1.82, 2.24) is 0 Å². The van der Waals surface area contributed by atoms with Crippen LogP contribution < -0.4 is 5.73 Å². The molecule has 0 aliphatic heterocycles. The first-order chi connectivity index (χ1) is 5.36. The summed E-state index contributed by atoms with van der Waals surface area (Å²) in [5, 5.41) is 0. The zero-order valence-electron chi connectivity index (χ0n) is 6.99. The van der Waals surface area contributed by atoms with Crippen molar-refractivity contribution in [3.63, 3.8) is 0 Å². The number of hydrogen-bond donors (Lipinski definition) is 1. The van der Waals surface area contributed by atoms with E-state index in [1.54, 1.807) is 0 Å². The molecule has 0 unspecified atom stereocenters. The van der Waals surface area contributed by atoms with E-state index in [0.717, 1.165) is 12.0 Å². The minimum Gasteiger partial charge on any atom is -0.330 e. The van der Waals surface area contributed by atoms with E-state index >= 15 is 0 Å². The van der Waals surface area contributed by atoms with Gasteiger partial charge in [0.25, 0.3) is 0 Å². The Morgan fingerprint density at radius 2 is 1.83 bits per heavy atom. The van der Waals surface area contributed by atoms with Crippen LogP contribution in [0.15, 0.2) is 30.8 Å². The van der Waals surface area contributed by atoms with Crippen LogP contribution in [-0.4, -0.2) is 6.54 Å². The van der Waals surface area contributed by atoms with Gasteiger partial charge in [-0.3, -0.25) is 0 Å². The molecule has 0 bridgehead atoms. The molecule has 0 aliphatic rings. The molecule has 0 fully saturated rings. The highest BCUT2D eigenvalue weighted by Crippen LogP contribution is 2.04. The fourth-order valence-electron chi connectivity index (χ4n) is 0.987. The van der Waals surface area contributed by atoms with Crippen LogP contribution in [-0.2, 0) is 6.42 Å². The highest BCUT2D eigenvalue weighted by molar-refractivity contribution is 5.85. The van der Waals surface area contributed by atoms with Crippen LogP contribution in [0.3, 0.4) is 0 Å². The first-order valence-electron chi connectivity index (χ1n) is 3.78. The summed E-state index contributed by atoms with van der Waals surface area (Å²) in [5.41, 5.74) is 7.86. The van der Waals surface area contributed by atoms with E-state index in [4.69, 9.17) is 5.73 Å². The standard InChI is InChI=1S/C10H13N.ClH/c1-2-9-3-5-10(6-4-9)7-8-11;/h2-6H,1,7-8,11H2;1H. The Bertz CT molecular complexity index is 228. The molecule has 0 spiro atoms. The lowest BCUT2D eigenvalue weighted by atomic mass is 10.1. The van der Waals surface area contributed by atoms with Crippen LogP contribution in [0, 0.1) is 0 Å². The van der Waals surface area contributed by atoms with Crippen molar-refractivity contribution in [3.05, 3.63) is 42.0 Å². The van der Waals surface area contributed by atoms with Gasteiger partial charge < -0.3 is 5.73 Å². The Morgan fingerprint density at radius 1 is 1.25 bits per heavy atom. The minimum atomic E-state index is 0. The number of rotatable bonds is 3. The third kappa shape index (κ3) is 3.07. The largest absolute Gasteiger partial charge is 0.330 e. The molecule has 12 heavy (non-hydrogen) atoms. The van der Waals surface area contributed by atoms with Gasteiger partial charge in [-0.15, -0.1) is 12.4 Å². The van der Waals surface area contributed by atoms with Gasteiger partial charge in [0, 0.05) is 0 Å². The van der Waals surface area contributed by atoms with Crippen LogP contribution in [0.4, 0.5) is 0 Å². The fourth-order valence-corrected chi connectivity index (χ4v) is 0.987. The van der Waals surface area contributed by atoms with E-state index in [-0.39, 0.29) is 12.4 Å². The molecule has 2 N–H and O–H groups in total. The van der Waals surface area contributed by atoms with E-state index in [0.29, 0.717) is 6.54 Å². The predicted octanol–water partition coefficient (Wildman–Crippen LogP) is 2.25. The maximum absolute atomic E-state index is 5.41. The second kappa shape index (κ2) is 5.81. The van der Waals surface area contributed by atoms with Gasteiger partial charge in [0.05, 0.1) is 0 Å². The van der Waals surface area contributed by atoms with Gasteiger partial charge in [-0.05, 0) is 24.1 Å². The van der Waals surface area contributed by atoms with E-state index in [1.807, 2.05) is 6.08 Å². The number of nitrogens with two attached hydrogens (primary N) is 1. The van der Waals surface area contributed by atoms with Gasteiger partial charge in [0.2, 0.25) is 0 Å². The Kier molecular flexibility index (Phi) is 5.43. The SMILES string of the molecule is C=Cc1ccc(CCN)cc1.Cl. The van der Waals surface area contributed by atoms with Crippen molar-refractivity contribution in [2.75, 3.05) is 6.54 Å². The van der Waals surface area contributed by atoms with Crippen LogP contribution in [0.1, 0.15) is 11.1 Å². The number of benzene rings is 1. The molecule has 0 amide bonds. The van der Waals surface area contributed by atoms with Crippen molar-refractivity contribution in [1.29, 1.82) is 0 Å². The normalized spacial score (nSPS) is 8.75. The molecule has 0 saturated heterocycles. The van der Waals surface area contributed by atoms with Crippen molar-refractivity contribution in [2.24, 2.45) is 5.73 Å². The first kappa shape index (κ1) is 11.2. The van der Waals surface area contributed by atoms with Crippen molar-refractivity contribution in [2.45, 2.75) is 6.42 Å². The summed E-state index contributed by atoms with van der Waals surface area (Å²) in [7, 11) is 0. The summed E-state index contributed by atoms with van der Waals surface area (Å²) < 4.78 is 0. The van der Waals surface area contributed by atoms with Crippen LogP contribution in [0.5, 0.6) is 0 Å². The predicted molar refractivity (Wildman–Crippen MR) is 56.5 cm³/mol. The lowest BCUT2D eigenvalue weighted by Crippen LogP contribution is -2.02. The zero-order chi connectivity index (χ0) is 8.10. The lowest BCUT2D eigenvalue weighted by Gasteiger charge is -1.97. The molecule has 0 aromatic heterocycles. The van der Waals surface area contributed by atoms with Gasteiger partial charge in [0.1, 0.15) is 0 Å². The van der Waals surface area contributed by atoms with E-state index in [2.05, 4.69) is 30.8 Å². The molecule has 0 radical (unpaired) electrons. The average molecular weight is 184 g/mol. The third-order valence-corrected chi connectivity index (χ3v) is 1.65. The van der Waals surface area contributed by atoms with E-state index in [9.17, 15) is 0 Å². The quantitative estimate of drug-likeness (QED) is 0.765. The number of halogens is 1. The molecule has 1 aromatic carbocycles. The molecule has 0 saturated carbocycles. The van der Waals surface area contributed by atoms with Crippen LogP contribution >= 0.6 is 12.4 Å². The molecular weight excluding hydrogens is 170 g/mol. The smallest absolute Gasteiger partial charge is 0.00367 e. The first-order valence-corrected chi connectivity index (χ1v) is 3.78. The lowest BCUT2D eigenvalue weighted by molar-refractivity contribution is 0.969. The van der Waals surface area contributed by atoms with Gasteiger partial charge in [-0.1, -0.05) is 36.9 Å². The van der Waals surface area contributed by atoms with Gasteiger partial charge in [-0.2, -0.15) is 0 Å². The maximum Gasteiger partial charge on any atom is -0.00367 e. The van der Waals surface area contributed by atoms with Gasteiger partial charge >= 0.3 is 0 Å².